The molecule has 4 rings (SSSR count). The molecule has 0 spiro atoms. The molecule has 0 saturated heterocycles. The number of nitrogens with one attached hydrogen (secondary N) is 2. The van der Waals surface area contributed by atoms with Crippen molar-refractivity contribution in [1.82, 2.24) is 9.97 Å². The Labute approximate surface area is 204 Å². The standard InChI is InChI=1S/C26H27N3O5S/c1-5-33-25(30)34-24-22(17-9-7-6-8-10-17)21-15-19(16-27-23(21)28-24)29-35(31,32)20-13-11-18(12-14-20)26(2,3)4/h6-16,29H,5H2,1-4H3,(H,27,28). The van der Waals surface area contributed by atoms with Crippen LogP contribution in [0.4, 0.5) is 10.5 Å². The van der Waals surface area contributed by atoms with Crippen LogP contribution in [0.2, 0.25) is 0 Å². The number of hydrogen-bond donors (Lipinski definition) is 2. The molecule has 0 saturated carbocycles. The van der Waals surface area contributed by atoms with Gasteiger partial charge >= 0.3 is 6.16 Å². The van der Waals surface area contributed by atoms with Crippen molar-refractivity contribution >= 4 is 32.9 Å². The molecule has 0 aliphatic heterocycles. The summed E-state index contributed by atoms with van der Waals surface area (Å²) in [7, 11) is -3.85. The Morgan fingerprint density at radius 1 is 1.06 bits per heavy atom. The summed E-state index contributed by atoms with van der Waals surface area (Å²) in [4.78, 5) is 19.5. The minimum atomic E-state index is -3.85. The third-order valence-electron chi connectivity index (χ3n) is 5.41. The van der Waals surface area contributed by atoms with Gasteiger partial charge in [0.1, 0.15) is 5.65 Å². The number of fused-ring (bicyclic) bond motifs is 1. The van der Waals surface area contributed by atoms with Crippen molar-refractivity contribution < 1.29 is 22.7 Å². The Morgan fingerprint density at radius 2 is 1.74 bits per heavy atom. The van der Waals surface area contributed by atoms with Crippen LogP contribution in [0.3, 0.4) is 0 Å². The molecule has 0 bridgehead atoms. The molecule has 2 heterocycles. The zero-order valence-corrected chi connectivity index (χ0v) is 20.8. The third kappa shape index (κ3) is 5.30. The summed E-state index contributed by atoms with van der Waals surface area (Å²) >= 11 is 0. The monoisotopic (exact) mass is 493 g/mol. The van der Waals surface area contributed by atoms with Crippen LogP contribution in [-0.2, 0) is 20.2 Å². The average Bonchev–Trinajstić information content (AvgIpc) is 3.16. The second-order valence-electron chi connectivity index (χ2n) is 8.98. The summed E-state index contributed by atoms with van der Waals surface area (Å²) < 4.78 is 39.0. The number of hydrogen-bond acceptors (Lipinski definition) is 6. The Morgan fingerprint density at radius 3 is 2.37 bits per heavy atom. The fourth-order valence-electron chi connectivity index (χ4n) is 3.65. The van der Waals surface area contributed by atoms with Crippen LogP contribution in [-0.4, -0.2) is 31.1 Å². The lowest BCUT2D eigenvalue weighted by Gasteiger charge is -2.19. The largest absolute Gasteiger partial charge is 0.515 e. The average molecular weight is 494 g/mol. The number of aromatic amines is 1. The van der Waals surface area contributed by atoms with E-state index in [2.05, 4.69) is 35.5 Å². The summed E-state index contributed by atoms with van der Waals surface area (Å²) in [6, 6.07) is 17.7. The number of nitrogens with zero attached hydrogens (tertiary/aromatic N) is 1. The minimum absolute atomic E-state index is 0.0872. The van der Waals surface area contributed by atoms with Gasteiger partial charge < -0.3 is 14.5 Å². The normalized spacial score (nSPS) is 11.9. The van der Waals surface area contributed by atoms with E-state index in [4.69, 9.17) is 9.47 Å². The van der Waals surface area contributed by atoms with Gasteiger partial charge in [0.05, 0.1) is 29.0 Å². The van der Waals surface area contributed by atoms with E-state index in [1.54, 1.807) is 25.1 Å². The van der Waals surface area contributed by atoms with E-state index in [0.29, 0.717) is 16.6 Å². The van der Waals surface area contributed by atoms with Crippen LogP contribution in [0, 0.1) is 0 Å². The van der Waals surface area contributed by atoms with Gasteiger partial charge in [0.25, 0.3) is 10.0 Å². The van der Waals surface area contributed by atoms with Gasteiger partial charge in [-0.1, -0.05) is 63.2 Å². The molecule has 0 radical (unpaired) electrons. The Kier molecular flexibility index (Phi) is 6.53. The number of carbonyl (C=O) groups excluding carboxylic acids is 1. The lowest BCUT2D eigenvalue weighted by atomic mass is 9.87. The highest BCUT2D eigenvalue weighted by Crippen LogP contribution is 2.38. The molecule has 35 heavy (non-hydrogen) atoms. The number of pyridine rings is 1. The van der Waals surface area contributed by atoms with Gasteiger partial charge in [0.2, 0.25) is 5.88 Å². The summed E-state index contributed by atoms with van der Waals surface area (Å²) in [6.07, 6.45) is 0.555. The maximum absolute atomic E-state index is 13.0. The Hall–Kier alpha value is -3.85. The molecule has 8 nitrogen and oxygen atoms in total. The molecule has 2 aromatic carbocycles. The van der Waals surface area contributed by atoms with Gasteiger partial charge in [0, 0.05) is 5.39 Å². The lowest BCUT2D eigenvalue weighted by Crippen LogP contribution is -2.15. The number of aromatic nitrogens is 2. The number of sulfonamides is 1. The minimum Gasteiger partial charge on any atom is -0.434 e. The van der Waals surface area contributed by atoms with Crippen molar-refractivity contribution in [2.24, 2.45) is 0 Å². The maximum atomic E-state index is 13.0. The maximum Gasteiger partial charge on any atom is 0.515 e. The zero-order chi connectivity index (χ0) is 25.2. The molecule has 0 amide bonds. The highest BCUT2D eigenvalue weighted by atomic mass is 32.2. The number of H-pyrrole nitrogens is 1. The third-order valence-corrected chi connectivity index (χ3v) is 6.81. The molecule has 0 fully saturated rings. The van der Waals surface area contributed by atoms with Crippen LogP contribution in [0.15, 0.2) is 71.8 Å². The van der Waals surface area contributed by atoms with E-state index in [0.717, 1.165) is 11.1 Å². The molecule has 182 valence electrons. The molecule has 4 aromatic rings. The quantitative estimate of drug-likeness (QED) is 0.325. The molecular formula is C26H27N3O5S. The van der Waals surface area contributed by atoms with Crippen molar-refractivity contribution in [1.29, 1.82) is 0 Å². The van der Waals surface area contributed by atoms with Gasteiger partial charge in [-0.3, -0.25) is 4.72 Å². The van der Waals surface area contributed by atoms with Crippen LogP contribution >= 0.6 is 0 Å². The summed E-state index contributed by atoms with van der Waals surface area (Å²) in [5.74, 6) is 0.162. The first-order chi connectivity index (χ1) is 16.6. The van der Waals surface area contributed by atoms with Gasteiger partial charge in [-0.15, -0.1) is 0 Å². The smallest absolute Gasteiger partial charge is 0.434 e. The molecule has 2 N–H and O–H groups in total. The second-order valence-corrected chi connectivity index (χ2v) is 10.7. The fourth-order valence-corrected chi connectivity index (χ4v) is 4.68. The predicted octanol–water partition coefficient (Wildman–Crippen LogP) is 5.86. The first-order valence-corrected chi connectivity index (χ1v) is 12.6. The van der Waals surface area contributed by atoms with Crippen LogP contribution in [0.1, 0.15) is 33.3 Å². The topological polar surface area (TPSA) is 110 Å². The number of benzene rings is 2. The highest BCUT2D eigenvalue weighted by Gasteiger charge is 2.21. The van der Waals surface area contributed by atoms with Crippen molar-refractivity contribution in [3.05, 3.63) is 72.4 Å². The Balaban J connectivity index is 1.72. The van der Waals surface area contributed by atoms with E-state index in [1.807, 2.05) is 42.5 Å². The number of carbonyl (C=O) groups is 1. The van der Waals surface area contributed by atoms with Crippen molar-refractivity contribution in [3.63, 3.8) is 0 Å². The van der Waals surface area contributed by atoms with Gasteiger partial charge in [-0.2, -0.15) is 0 Å². The molecular weight excluding hydrogens is 466 g/mol. The number of anilines is 1. The van der Waals surface area contributed by atoms with Crippen LogP contribution < -0.4 is 9.46 Å². The SMILES string of the molecule is CCOC(=O)Oc1[nH]c2ncc(NS(=O)(=O)c3ccc(C(C)(C)C)cc3)cc2c1-c1ccccc1. The fraction of sp³-hybridized carbons (Fsp3) is 0.231. The van der Waals surface area contributed by atoms with Gasteiger partial charge in [-0.05, 0) is 41.7 Å². The summed E-state index contributed by atoms with van der Waals surface area (Å²) in [6.45, 7) is 8.05. The van der Waals surface area contributed by atoms with E-state index < -0.39 is 16.2 Å². The number of ether oxygens (including phenoxy) is 2. The van der Waals surface area contributed by atoms with E-state index in [1.165, 1.54) is 6.20 Å². The summed E-state index contributed by atoms with van der Waals surface area (Å²) in [5.41, 5.74) is 2.98. The molecule has 2 aromatic heterocycles. The van der Waals surface area contributed by atoms with E-state index in [-0.39, 0.29) is 28.5 Å². The first kappa shape index (κ1) is 24.3. The molecule has 0 aliphatic rings. The number of rotatable bonds is 6. The lowest BCUT2D eigenvalue weighted by molar-refractivity contribution is 0.103. The second kappa shape index (κ2) is 9.42. The highest BCUT2D eigenvalue weighted by molar-refractivity contribution is 7.92. The Bertz CT molecular complexity index is 1450. The van der Waals surface area contributed by atoms with Gasteiger partial charge in [0.15, 0.2) is 0 Å². The molecule has 0 atom stereocenters. The predicted molar refractivity (Wildman–Crippen MR) is 135 cm³/mol. The van der Waals surface area contributed by atoms with Crippen LogP contribution in [0.25, 0.3) is 22.2 Å². The van der Waals surface area contributed by atoms with E-state index >= 15 is 0 Å². The van der Waals surface area contributed by atoms with Crippen molar-refractivity contribution in [3.8, 4) is 17.0 Å². The molecule has 0 aliphatic carbocycles. The van der Waals surface area contributed by atoms with Crippen LogP contribution in [0.5, 0.6) is 5.88 Å². The molecule has 9 heteroatoms. The zero-order valence-electron chi connectivity index (χ0n) is 20.0. The van der Waals surface area contributed by atoms with Crippen molar-refractivity contribution in [2.75, 3.05) is 11.3 Å². The summed E-state index contributed by atoms with van der Waals surface area (Å²) in [5, 5.41) is 0.582. The van der Waals surface area contributed by atoms with Gasteiger partial charge in [-0.25, -0.2) is 18.2 Å². The molecule has 0 unspecified atom stereocenters. The van der Waals surface area contributed by atoms with E-state index in [9.17, 15) is 13.2 Å². The first-order valence-electron chi connectivity index (χ1n) is 11.1. The van der Waals surface area contributed by atoms with Crippen molar-refractivity contribution in [2.45, 2.75) is 38.0 Å².